The molecule has 0 spiro atoms. The minimum Gasteiger partial charge on any atom is -0.495 e. The maximum atomic E-state index is 12.8. The molecule has 122 valence electrons. The van der Waals surface area contributed by atoms with Crippen LogP contribution in [-0.2, 0) is 17.6 Å². The van der Waals surface area contributed by atoms with Gasteiger partial charge in [-0.2, -0.15) is 0 Å². The number of hydrogen-bond donors (Lipinski definition) is 0. The first kappa shape index (κ1) is 16.3. The molecule has 0 unspecified atom stereocenters. The van der Waals surface area contributed by atoms with Crippen molar-refractivity contribution in [3.8, 4) is 5.75 Å². The molecule has 1 aromatic heterocycles. The van der Waals surface area contributed by atoms with Crippen LogP contribution in [0.5, 0.6) is 5.75 Å². The third-order valence-corrected chi connectivity index (χ3v) is 5.58. The molecule has 1 aliphatic heterocycles. The van der Waals surface area contributed by atoms with Crippen LogP contribution < -0.4 is 9.64 Å². The molecule has 1 aliphatic rings. The Bertz CT molecular complexity index is 726. The molecule has 1 amide bonds. The molecular formula is C18H20ClNO2S. The summed E-state index contributed by atoms with van der Waals surface area (Å²) in [6.45, 7) is 2.86. The van der Waals surface area contributed by atoms with Gasteiger partial charge in [0.25, 0.3) is 0 Å². The number of benzene rings is 1. The number of carbonyl (C=O) groups excluding carboxylic acids is 1. The van der Waals surface area contributed by atoms with Crippen molar-refractivity contribution in [2.45, 2.75) is 32.6 Å². The van der Waals surface area contributed by atoms with E-state index in [-0.39, 0.29) is 5.91 Å². The molecule has 3 nitrogen and oxygen atoms in total. The molecule has 0 bridgehead atoms. The molecule has 5 heteroatoms. The highest BCUT2D eigenvalue weighted by atomic mass is 35.5. The van der Waals surface area contributed by atoms with Gasteiger partial charge in [0, 0.05) is 17.8 Å². The van der Waals surface area contributed by atoms with Crippen LogP contribution in [0.1, 0.15) is 28.8 Å². The molecule has 2 aromatic rings. The van der Waals surface area contributed by atoms with Crippen molar-refractivity contribution in [3.63, 3.8) is 0 Å². The Hall–Kier alpha value is -1.52. The van der Waals surface area contributed by atoms with E-state index in [1.165, 1.54) is 11.1 Å². The number of rotatable bonds is 4. The molecule has 0 saturated heterocycles. The number of thiophene rings is 1. The van der Waals surface area contributed by atoms with E-state index in [0.29, 0.717) is 6.42 Å². The van der Waals surface area contributed by atoms with Crippen LogP contribution in [0.2, 0.25) is 4.34 Å². The summed E-state index contributed by atoms with van der Waals surface area (Å²) in [5.74, 6) is 0.942. The van der Waals surface area contributed by atoms with Crippen molar-refractivity contribution in [1.29, 1.82) is 0 Å². The minimum atomic E-state index is 0.152. The zero-order valence-corrected chi connectivity index (χ0v) is 15.0. The highest BCUT2D eigenvalue weighted by Crippen LogP contribution is 2.38. The van der Waals surface area contributed by atoms with Crippen molar-refractivity contribution < 1.29 is 9.53 Å². The second kappa shape index (κ2) is 6.93. The van der Waals surface area contributed by atoms with Gasteiger partial charge in [0.05, 0.1) is 17.1 Å². The molecule has 3 rings (SSSR count). The van der Waals surface area contributed by atoms with E-state index in [1.54, 1.807) is 18.4 Å². The number of amides is 1. The van der Waals surface area contributed by atoms with Crippen molar-refractivity contribution in [2.24, 2.45) is 0 Å². The van der Waals surface area contributed by atoms with E-state index in [9.17, 15) is 4.79 Å². The lowest BCUT2D eigenvalue weighted by atomic mass is 9.96. The SMILES string of the molecule is COc1ccc(C)c2c1N(C(=O)CCc1ccc(Cl)s1)CCC2. The predicted molar refractivity (Wildman–Crippen MR) is 96.1 cm³/mol. The normalized spacial score (nSPS) is 13.8. The van der Waals surface area contributed by atoms with Gasteiger partial charge >= 0.3 is 0 Å². The summed E-state index contributed by atoms with van der Waals surface area (Å²) in [6, 6.07) is 7.90. The number of fused-ring (bicyclic) bond motifs is 1. The number of aryl methyl sites for hydroxylation is 2. The quantitative estimate of drug-likeness (QED) is 0.805. The van der Waals surface area contributed by atoms with Crippen LogP contribution in [0.3, 0.4) is 0 Å². The fourth-order valence-electron chi connectivity index (χ4n) is 3.12. The van der Waals surface area contributed by atoms with E-state index >= 15 is 0 Å². The van der Waals surface area contributed by atoms with Crippen LogP contribution in [0.25, 0.3) is 0 Å². The van der Waals surface area contributed by atoms with Crippen molar-refractivity contribution >= 4 is 34.5 Å². The standard InChI is InChI=1S/C18H20ClNO2S/c1-12-5-8-15(22-2)18-14(12)4-3-11-20(18)17(21)10-7-13-6-9-16(19)23-13/h5-6,8-9H,3-4,7,10-11H2,1-2H3. The second-order valence-corrected chi connectivity index (χ2v) is 7.57. The summed E-state index contributed by atoms with van der Waals surface area (Å²) in [6.07, 6.45) is 3.23. The summed E-state index contributed by atoms with van der Waals surface area (Å²) in [4.78, 5) is 15.8. The Labute approximate surface area is 145 Å². The lowest BCUT2D eigenvalue weighted by Crippen LogP contribution is -2.36. The maximum absolute atomic E-state index is 12.8. The van der Waals surface area contributed by atoms with E-state index in [1.807, 2.05) is 23.1 Å². The Morgan fingerprint density at radius 1 is 1.35 bits per heavy atom. The predicted octanol–water partition coefficient (Wildman–Crippen LogP) is 4.63. The molecule has 0 atom stereocenters. The van der Waals surface area contributed by atoms with Gasteiger partial charge in [-0.3, -0.25) is 4.79 Å². The maximum Gasteiger partial charge on any atom is 0.227 e. The van der Waals surface area contributed by atoms with Gasteiger partial charge in [-0.1, -0.05) is 17.7 Å². The van der Waals surface area contributed by atoms with Gasteiger partial charge in [-0.25, -0.2) is 0 Å². The number of hydrogen-bond acceptors (Lipinski definition) is 3. The topological polar surface area (TPSA) is 29.5 Å². The Balaban J connectivity index is 1.81. The van der Waals surface area contributed by atoms with Crippen LogP contribution in [0.15, 0.2) is 24.3 Å². The van der Waals surface area contributed by atoms with Gasteiger partial charge in [-0.05, 0) is 55.5 Å². The molecular weight excluding hydrogens is 330 g/mol. The third kappa shape index (κ3) is 3.38. The number of nitrogens with zero attached hydrogens (tertiary/aromatic N) is 1. The van der Waals surface area contributed by atoms with E-state index in [2.05, 4.69) is 13.0 Å². The molecule has 0 fully saturated rings. The molecule has 0 saturated carbocycles. The number of halogens is 1. The number of methoxy groups -OCH3 is 1. The monoisotopic (exact) mass is 349 g/mol. The molecule has 1 aromatic carbocycles. The van der Waals surface area contributed by atoms with Crippen LogP contribution in [-0.4, -0.2) is 19.6 Å². The van der Waals surface area contributed by atoms with Crippen molar-refractivity contribution in [1.82, 2.24) is 0 Å². The zero-order valence-electron chi connectivity index (χ0n) is 13.4. The van der Waals surface area contributed by atoms with Gasteiger partial charge in [0.1, 0.15) is 5.75 Å². The van der Waals surface area contributed by atoms with Gasteiger partial charge in [0.15, 0.2) is 0 Å². The Morgan fingerprint density at radius 2 is 2.17 bits per heavy atom. The average molecular weight is 350 g/mol. The van der Waals surface area contributed by atoms with Crippen molar-refractivity contribution in [3.05, 3.63) is 44.6 Å². The molecule has 2 heterocycles. The smallest absolute Gasteiger partial charge is 0.227 e. The first-order chi connectivity index (χ1) is 11.1. The van der Waals surface area contributed by atoms with Crippen LogP contribution >= 0.6 is 22.9 Å². The van der Waals surface area contributed by atoms with E-state index < -0.39 is 0 Å². The highest BCUT2D eigenvalue weighted by Gasteiger charge is 2.26. The van der Waals surface area contributed by atoms with Crippen LogP contribution in [0.4, 0.5) is 5.69 Å². The average Bonchev–Trinajstić information content (AvgIpc) is 2.98. The Kier molecular flexibility index (Phi) is 4.93. The first-order valence-corrected chi connectivity index (χ1v) is 9.00. The van der Waals surface area contributed by atoms with Crippen molar-refractivity contribution in [2.75, 3.05) is 18.6 Å². The lowest BCUT2D eigenvalue weighted by molar-refractivity contribution is -0.118. The number of carbonyl (C=O) groups is 1. The molecule has 23 heavy (non-hydrogen) atoms. The van der Waals surface area contributed by atoms with E-state index in [4.69, 9.17) is 16.3 Å². The minimum absolute atomic E-state index is 0.152. The molecule has 0 radical (unpaired) electrons. The second-order valence-electron chi connectivity index (χ2n) is 5.77. The third-order valence-electron chi connectivity index (χ3n) is 4.29. The van der Waals surface area contributed by atoms with Gasteiger partial charge < -0.3 is 9.64 Å². The fourth-order valence-corrected chi connectivity index (χ4v) is 4.21. The first-order valence-electron chi connectivity index (χ1n) is 7.81. The van der Waals surface area contributed by atoms with E-state index in [0.717, 1.165) is 46.5 Å². The molecule has 0 aliphatic carbocycles. The fraction of sp³-hybridized carbons (Fsp3) is 0.389. The summed E-state index contributed by atoms with van der Waals surface area (Å²) in [5.41, 5.74) is 3.43. The van der Waals surface area contributed by atoms with Gasteiger partial charge in [0.2, 0.25) is 5.91 Å². The lowest BCUT2D eigenvalue weighted by Gasteiger charge is -2.32. The summed E-state index contributed by atoms with van der Waals surface area (Å²) >= 11 is 7.50. The largest absolute Gasteiger partial charge is 0.495 e. The summed E-state index contributed by atoms with van der Waals surface area (Å²) in [7, 11) is 1.66. The van der Waals surface area contributed by atoms with Gasteiger partial charge in [-0.15, -0.1) is 11.3 Å². The number of anilines is 1. The number of ether oxygens (including phenoxy) is 1. The Morgan fingerprint density at radius 3 is 2.87 bits per heavy atom. The summed E-state index contributed by atoms with van der Waals surface area (Å²) < 4.78 is 6.28. The zero-order chi connectivity index (χ0) is 16.4. The molecule has 0 N–H and O–H groups in total. The highest BCUT2D eigenvalue weighted by molar-refractivity contribution is 7.16. The summed E-state index contributed by atoms with van der Waals surface area (Å²) in [5, 5.41) is 0. The van der Waals surface area contributed by atoms with Crippen LogP contribution in [0, 0.1) is 6.92 Å².